The summed E-state index contributed by atoms with van der Waals surface area (Å²) in [5, 5.41) is 34.2. The molecule has 1 amide bonds. The number of non-ortho nitro benzene ring substituents is 1. The van der Waals surface area contributed by atoms with Crippen LogP contribution in [0.4, 0.5) is 17.1 Å². The number of carbonyl (C=O) groups is 2. The van der Waals surface area contributed by atoms with Crippen LogP contribution in [-0.4, -0.2) is 28.8 Å². The normalized spacial score (nSPS) is 10.6. The zero-order valence-electron chi connectivity index (χ0n) is 18.5. The Hall–Kier alpha value is -5.57. The number of rotatable bonds is 8. The van der Waals surface area contributed by atoms with E-state index >= 15 is 0 Å². The predicted molar refractivity (Wildman–Crippen MR) is 126 cm³/mol. The first-order valence-corrected chi connectivity index (χ1v) is 10.0. The number of nitro groups is 2. The highest BCUT2D eigenvalue weighted by atomic mass is 16.6. The van der Waals surface area contributed by atoms with Gasteiger partial charge in [0.25, 0.3) is 11.6 Å². The molecule has 0 aliphatic heterocycles. The number of anilines is 1. The number of benzene rings is 3. The molecule has 180 valence electrons. The van der Waals surface area contributed by atoms with Gasteiger partial charge in [-0.2, -0.15) is 5.26 Å². The fraction of sp³-hybridized carbons (Fsp3) is 0.0417. The minimum Gasteiger partial charge on any atom is -0.465 e. The van der Waals surface area contributed by atoms with Crippen molar-refractivity contribution in [1.29, 1.82) is 5.26 Å². The Morgan fingerprint density at radius 3 is 2.33 bits per heavy atom. The minimum absolute atomic E-state index is 0.136. The van der Waals surface area contributed by atoms with Gasteiger partial charge in [0.15, 0.2) is 0 Å². The highest BCUT2D eigenvalue weighted by Gasteiger charge is 2.21. The Balaban J connectivity index is 1.80. The summed E-state index contributed by atoms with van der Waals surface area (Å²) in [5.41, 5.74) is -0.292. The number of methoxy groups -OCH3 is 1. The van der Waals surface area contributed by atoms with Crippen molar-refractivity contribution in [2.75, 3.05) is 12.4 Å². The van der Waals surface area contributed by atoms with E-state index in [2.05, 4.69) is 10.1 Å². The molecule has 12 heteroatoms. The summed E-state index contributed by atoms with van der Waals surface area (Å²) in [6.45, 7) is 0. The second-order valence-corrected chi connectivity index (χ2v) is 7.03. The number of hydrogen-bond donors (Lipinski definition) is 1. The molecular weight excluding hydrogens is 472 g/mol. The van der Waals surface area contributed by atoms with Gasteiger partial charge in [-0.1, -0.05) is 12.1 Å². The lowest BCUT2D eigenvalue weighted by atomic mass is 10.1. The second-order valence-electron chi connectivity index (χ2n) is 7.03. The number of esters is 1. The van der Waals surface area contributed by atoms with Gasteiger partial charge >= 0.3 is 11.7 Å². The SMILES string of the molecule is COC(=O)c1ccc(NC(=O)/C(C#N)=C\c2cccc(Oc3ccc([N+](=O)[O-])cc3[N+](=O)[O-])c2)cc1. The lowest BCUT2D eigenvalue weighted by molar-refractivity contribution is -0.394. The molecule has 0 fully saturated rings. The summed E-state index contributed by atoms with van der Waals surface area (Å²) < 4.78 is 10.2. The first-order valence-electron chi connectivity index (χ1n) is 10.0. The fourth-order valence-corrected chi connectivity index (χ4v) is 2.96. The topological polar surface area (TPSA) is 175 Å². The maximum absolute atomic E-state index is 12.6. The highest BCUT2D eigenvalue weighted by Crippen LogP contribution is 2.34. The van der Waals surface area contributed by atoms with E-state index in [1.165, 1.54) is 55.7 Å². The van der Waals surface area contributed by atoms with Crippen molar-refractivity contribution in [3.05, 3.63) is 104 Å². The van der Waals surface area contributed by atoms with Crippen molar-refractivity contribution in [2.24, 2.45) is 0 Å². The molecular formula is C24H16N4O8. The number of hydrogen-bond acceptors (Lipinski definition) is 9. The molecule has 0 aliphatic carbocycles. The quantitative estimate of drug-likeness (QED) is 0.156. The molecule has 3 aromatic rings. The number of nitrogens with zero attached hydrogens (tertiary/aromatic N) is 3. The van der Waals surface area contributed by atoms with Crippen molar-refractivity contribution < 1.29 is 28.9 Å². The molecule has 3 aromatic carbocycles. The van der Waals surface area contributed by atoms with Crippen LogP contribution in [0, 0.1) is 31.6 Å². The number of ether oxygens (including phenoxy) is 2. The average Bonchev–Trinajstić information content (AvgIpc) is 2.87. The van der Waals surface area contributed by atoms with E-state index in [1.807, 2.05) is 0 Å². The van der Waals surface area contributed by atoms with Gasteiger partial charge in [0.2, 0.25) is 5.75 Å². The number of nitro benzene ring substituents is 2. The lowest BCUT2D eigenvalue weighted by Crippen LogP contribution is -2.13. The predicted octanol–water partition coefficient (Wildman–Crippen LogP) is 4.63. The van der Waals surface area contributed by atoms with Crippen LogP contribution in [0.2, 0.25) is 0 Å². The molecule has 0 unspecified atom stereocenters. The first-order chi connectivity index (χ1) is 17.2. The molecule has 0 radical (unpaired) electrons. The average molecular weight is 488 g/mol. The van der Waals surface area contributed by atoms with E-state index < -0.39 is 33.1 Å². The summed E-state index contributed by atoms with van der Waals surface area (Å²) >= 11 is 0. The van der Waals surface area contributed by atoms with Crippen LogP contribution in [0.1, 0.15) is 15.9 Å². The van der Waals surface area contributed by atoms with Crippen molar-refractivity contribution in [3.8, 4) is 17.6 Å². The first kappa shape index (κ1) is 25.1. The minimum atomic E-state index is -0.804. The van der Waals surface area contributed by atoms with Crippen LogP contribution in [0.3, 0.4) is 0 Å². The number of nitriles is 1. The van der Waals surface area contributed by atoms with Crippen molar-refractivity contribution in [1.82, 2.24) is 0 Å². The van der Waals surface area contributed by atoms with Crippen LogP contribution < -0.4 is 10.1 Å². The molecule has 0 saturated heterocycles. The summed E-state index contributed by atoms with van der Waals surface area (Å²) in [5.74, 6) is -1.33. The number of carbonyl (C=O) groups excluding carboxylic acids is 2. The van der Waals surface area contributed by atoms with E-state index in [0.29, 0.717) is 11.3 Å². The van der Waals surface area contributed by atoms with Gasteiger partial charge in [-0.3, -0.25) is 25.0 Å². The Morgan fingerprint density at radius 2 is 1.72 bits per heavy atom. The van der Waals surface area contributed by atoms with E-state index in [4.69, 9.17) is 4.74 Å². The van der Waals surface area contributed by atoms with Crippen LogP contribution in [0.5, 0.6) is 11.5 Å². The fourth-order valence-electron chi connectivity index (χ4n) is 2.96. The van der Waals surface area contributed by atoms with Crippen LogP contribution in [0.15, 0.2) is 72.3 Å². The third-order valence-electron chi connectivity index (χ3n) is 4.68. The van der Waals surface area contributed by atoms with Gasteiger partial charge in [-0.05, 0) is 54.1 Å². The summed E-state index contributed by atoms with van der Waals surface area (Å²) in [4.78, 5) is 44.7. The molecule has 0 aliphatic rings. The maximum atomic E-state index is 12.6. The van der Waals surface area contributed by atoms with Crippen molar-refractivity contribution in [2.45, 2.75) is 0 Å². The van der Waals surface area contributed by atoms with Gasteiger partial charge in [0.05, 0.1) is 28.6 Å². The van der Waals surface area contributed by atoms with Crippen LogP contribution in [-0.2, 0) is 9.53 Å². The third kappa shape index (κ3) is 6.06. The zero-order valence-corrected chi connectivity index (χ0v) is 18.5. The summed E-state index contributed by atoms with van der Waals surface area (Å²) in [6.07, 6.45) is 1.29. The highest BCUT2D eigenvalue weighted by molar-refractivity contribution is 6.09. The molecule has 36 heavy (non-hydrogen) atoms. The van der Waals surface area contributed by atoms with Gasteiger partial charge in [0.1, 0.15) is 17.4 Å². The second kappa shape index (κ2) is 11.0. The molecule has 1 N–H and O–H groups in total. The van der Waals surface area contributed by atoms with Crippen LogP contribution >= 0.6 is 0 Å². The molecule has 0 atom stereocenters. The molecule has 0 bridgehead atoms. The summed E-state index contributed by atoms with van der Waals surface area (Å²) in [7, 11) is 1.25. The lowest BCUT2D eigenvalue weighted by Gasteiger charge is -2.08. The van der Waals surface area contributed by atoms with E-state index in [9.17, 15) is 35.1 Å². The molecule has 0 aromatic heterocycles. The third-order valence-corrected chi connectivity index (χ3v) is 4.68. The van der Waals surface area contributed by atoms with Crippen LogP contribution in [0.25, 0.3) is 6.08 Å². The molecule has 0 spiro atoms. The zero-order chi connectivity index (χ0) is 26.2. The van der Waals surface area contributed by atoms with Gasteiger partial charge in [-0.15, -0.1) is 0 Å². The molecule has 3 rings (SSSR count). The van der Waals surface area contributed by atoms with E-state index in [1.54, 1.807) is 12.1 Å². The Kier molecular flexibility index (Phi) is 7.68. The van der Waals surface area contributed by atoms with Gasteiger partial charge in [0, 0.05) is 11.8 Å². The standard InChI is InChI=1S/C24H16N4O8/c1-35-24(30)16-5-7-18(8-6-16)26-23(29)17(14-25)11-15-3-2-4-20(12-15)36-22-10-9-19(27(31)32)13-21(22)28(33)34/h2-13H,1H3,(H,26,29)/b17-11-. The Morgan fingerprint density at radius 1 is 1.00 bits per heavy atom. The Bertz CT molecular complexity index is 1420. The molecule has 0 heterocycles. The smallest absolute Gasteiger partial charge is 0.337 e. The van der Waals surface area contributed by atoms with Crippen molar-refractivity contribution >= 4 is 35.0 Å². The monoisotopic (exact) mass is 488 g/mol. The number of amides is 1. The maximum Gasteiger partial charge on any atom is 0.337 e. The van der Waals surface area contributed by atoms with Crippen molar-refractivity contribution in [3.63, 3.8) is 0 Å². The van der Waals surface area contributed by atoms with E-state index in [0.717, 1.165) is 18.2 Å². The Labute approximate surface area is 203 Å². The van der Waals surface area contributed by atoms with Gasteiger partial charge < -0.3 is 14.8 Å². The molecule has 0 saturated carbocycles. The molecule has 12 nitrogen and oxygen atoms in total. The van der Waals surface area contributed by atoms with E-state index in [-0.39, 0.29) is 22.6 Å². The number of nitrogens with one attached hydrogen (secondary N) is 1. The van der Waals surface area contributed by atoms with Gasteiger partial charge in [-0.25, -0.2) is 4.79 Å². The summed E-state index contributed by atoms with van der Waals surface area (Å²) in [6, 6.07) is 16.7. The largest absolute Gasteiger partial charge is 0.465 e.